The van der Waals surface area contributed by atoms with Gasteiger partial charge in [0.1, 0.15) is 5.60 Å². The molecule has 0 aromatic carbocycles. The van der Waals surface area contributed by atoms with E-state index in [1.54, 1.807) is 12.3 Å². The molecule has 0 saturated carbocycles. The lowest BCUT2D eigenvalue weighted by molar-refractivity contribution is 0.0529. The summed E-state index contributed by atoms with van der Waals surface area (Å²) >= 11 is 5.21. The summed E-state index contributed by atoms with van der Waals surface area (Å²) in [4.78, 5) is 15.7. The van der Waals surface area contributed by atoms with Crippen molar-refractivity contribution in [2.24, 2.45) is 0 Å². The van der Waals surface area contributed by atoms with Gasteiger partial charge in [-0.1, -0.05) is 6.92 Å². The lowest BCUT2D eigenvalue weighted by Crippen LogP contribution is -2.39. The number of pyridine rings is 1. The zero-order valence-corrected chi connectivity index (χ0v) is 15.5. The number of nitrogens with zero attached hydrogens (tertiary/aromatic N) is 1. The molecular formula is C16H26N4O3S. The number of amides is 1. The Morgan fingerprint density at radius 1 is 1.29 bits per heavy atom. The molecule has 1 rings (SSSR count). The summed E-state index contributed by atoms with van der Waals surface area (Å²) in [5.41, 5.74) is -0.512. The minimum absolute atomic E-state index is 0.387. The Morgan fingerprint density at radius 3 is 2.67 bits per heavy atom. The van der Waals surface area contributed by atoms with Crippen molar-refractivity contribution in [3.63, 3.8) is 0 Å². The van der Waals surface area contributed by atoms with Crippen LogP contribution in [0.4, 0.5) is 10.6 Å². The number of alkyl carbamates (subject to hydrolysis) is 1. The molecule has 0 aliphatic rings. The predicted molar refractivity (Wildman–Crippen MR) is 98.5 cm³/mol. The second-order valence-electron chi connectivity index (χ2n) is 6.01. The predicted octanol–water partition coefficient (Wildman–Crippen LogP) is 2.68. The average Bonchev–Trinajstić information content (AvgIpc) is 2.49. The summed E-state index contributed by atoms with van der Waals surface area (Å²) in [5.74, 6) is 1.21. The molecule has 0 fully saturated rings. The van der Waals surface area contributed by atoms with Gasteiger partial charge < -0.3 is 25.4 Å². The average molecular weight is 354 g/mol. The molecule has 1 aromatic heterocycles. The molecule has 0 spiro atoms. The molecule has 24 heavy (non-hydrogen) atoms. The lowest BCUT2D eigenvalue weighted by atomic mass is 10.2. The van der Waals surface area contributed by atoms with Crippen LogP contribution in [0, 0.1) is 0 Å². The van der Waals surface area contributed by atoms with Gasteiger partial charge in [0.15, 0.2) is 16.7 Å². The third kappa shape index (κ3) is 8.52. The molecule has 0 bridgehead atoms. The Morgan fingerprint density at radius 2 is 2.00 bits per heavy atom. The summed E-state index contributed by atoms with van der Waals surface area (Å²) in [6.07, 6.45) is 2.12. The fourth-order valence-electron chi connectivity index (χ4n) is 1.62. The normalized spacial score (nSPS) is 10.7. The Hall–Kier alpha value is -2.09. The highest BCUT2D eigenvalue weighted by Crippen LogP contribution is 2.20. The van der Waals surface area contributed by atoms with Crippen LogP contribution in [0.3, 0.4) is 0 Å². The van der Waals surface area contributed by atoms with Gasteiger partial charge in [-0.2, -0.15) is 0 Å². The monoisotopic (exact) mass is 354 g/mol. The Labute approximate surface area is 148 Å². The van der Waals surface area contributed by atoms with E-state index in [-0.39, 0.29) is 0 Å². The van der Waals surface area contributed by atoms with Crippen molar-refractivity contribution in [3.8, 4) is 5.75 Å². The highest BCUT2D eigenvalue weighted by atomic mass is 32.1. The standard InChI is InChI=1S/C16H26N4O3S/c1-5-11-22-12-7-6-8-17-13(12)20-14(24)18-9-10-19-15(21)23-16(2,3)4/h6-8H,5,9-11H2,1-4H3,(H,19,21)(H2,17,18,20,24). The van der Waals surface area contributed by atoms with Crippen molar-refractivity contribution in [2.45, 2.75) is 39.7 Å². The molecule has 0 aliphatic carbocycles. The van der Waals surface area contributed by atoms with Crippen molar-refractivity contribution >= 4 is 29.2 Å². The van der Waals surface area contributed by atoms with E-state index in [0.717, 1.165) is 6.42 Å². The van der Waals surface area contributed by atoms with E-state index in [9.17, 15) is 4.79 Å². The highest BCUT2D eigenvalue weighted by Gasteiger charge is 2.15. The summed E-state index contributed by atoms with van der Waals surface area (Å²) in [5, 5.41) is 9.02. The van der Waals surface area contributed by atoms with Crippen molar-refractivity contribution in [1.29, 1.82) is 0 Å². The van der Waals surface area contributed by atoms with Gasteiger partial charge in [0.05, 0.1) is 6.61 Å². The first-order valence-electron chi connectivity index (χ1n) is 7.91. The first-order valence-corrected chi connectivity index (χ1v) is 8.32. The minimum atomic E-state index is -0.512. The van der Waals surface area contributed by atoms with Gasteiger partial charge in [0, 0.05) is 19.3 Å². The molecule has 0 atom stereocenters. The van der Waals surface area contributed by atoms with Gasteiger partial charge in [-0.05, 0) is 51.5 Å². The summed E-state index contributed by atoms with van der Waals surface area (Å²) in [7, 11) is 0. The van der Waals surface area contributed by atoms with E-state index in [1.165, 1.54) is 0 Å². The molecule has 0 unspecified atom stereocenters. The van der Waals surface area contributed by atoms with Crippen LogP contribution in [0.15, 0.2) is 18.3 Å². The quantitative estimate of drug-likeness (QED) is 0.513. The number of nitrogens with one attached hydrogen (secondary N) is 3. The lowest BCUT2D eigenvalue weighted by Gasteiger charge is -2.19. The van der Waals surface area contributed by atoms with E-state index in [4.69, 9.17) is 21.7 Å². The van der Waals surface area contributed by atoms with Crippen molar-refractivity contribution in [3.05, 3.63) is 18.3 Å². The molecule has 1 aromatic rings. The zero-order valence-electron chi connectivity index (χ0n) is 14.6. The van der Waals surface area contributed by atoms with Crippen LogP contribution in [0.5, 0.6) is 5.75 Å². The van der Waals surface area contributed by atoms with Gasteiger partial charge in [0.25, 0.3) is 0 Å². The molecule has 134 valence electrons. The summed E-state index contributed by atoms with van der Waals surface area (Å²) in [6.45, 7) is 8.94. The minimum Gasteiger partial charge on any atom is -0.490 e. The Bertz CT molecular complexity index is 546. The first kappa shape index (κ1) is 20.0. The Balaban J connectivity index is 2.33. The summed E-state index contributed by atoms with van der Waals surface area (Å²) in [6, 6.07) is 3.63. The number of hydrogen-bond donors (Lipinski definition) is 3. The fraction of sp³-hybridized carbons (Fsp3) is 0.562. The molecule has 8 heteroatoms. The topological polar surface area (TPSA) is 84.5 Å². The van der Waals surface area contributed by atoms with Gasteiger partial charge in [-0.15, -0.1) is 0 Å². The van der Waals surface area contributed by atoms with Gasteiger partial charge >= 0.3 is 6.09 Å². The van der Waals surface area contributed by atoms with Gasteiger partial charge in [-0.3, -0.25) is 0 Å². The molecule has 0 radical (unpaired) electrons. The SMILES string of the molecule is CCCOc1cccnc1NC(=S)NCCNC(=O)OC(C)(C)C. The van der Waals surface area contributed by atoms with Crippen LogP contribution in [0.2, 0.25) is 0 Å². The van der Waals surface area contributed by atoms with E-state index in [0.29, 0.717) is 36.4 Å². The second-order valence-corrected chi connectivity index (χ2v) is 6.42. The van der Waals surface area contributed by atoms with Gasteiger partial charge in [-0.25, -0.2) is 9.78 Å². The van der Waals surface area contributed by atoms with Crippen LogP contribution < -0.4 is 20.7 Å². The van der Waals surface area contributed by atoms with E-state index in [2.05, 4.69) is 20.9 Å². The number of anilines is 1. The number of carbonyl (C=O) groups is 1. The largest absolute Gasteiger partial charge is 0.490 e. The van der Waals surface area contributed by atoms with Crippen LogP contribution in [0.1, 0.15) is 34.1 Å². The number of thiocarbonyl (C=S) groups is 1. The molecule has 1 heterocycles. The third-order valence-corrected chi connectivity index (χ3v) is 2.79. The van der Waals surface area contributed by atoms with Crippen LogP contribution in [0.25, 0.3) is 0 Å². The van der Waals surface area contributed by atoms with Crippen LogP contribution >= 0.6 is 12.2 Å². The molecule has 0 saturated heterocycles. The Kier molecular flexibility index (Phi) is 8.25. The maximum absolute atomic E-state index is 11.5. The molecule has 0 aliphatic heterocycles. The molecule has 7 nitrogen and oxygen atoms in total. The smallest absolute Gasteiger partial charge is 0.407 e. The van der Waals surface area contributed by atoms with Crippen LogP contribution in [-0.4, -0.2) is 41.5 Å². The molecule has 3 N–H and O–H groups in total. The van der Waals surface area contributed by atoms with Crippen LogP contribution in [-0.2, 0) is 4.74 Å². The first-order chi connectivity index (χ1) is 11.3. The number of carbonyl (C=O) groups excluding carboxylic acids is 1. The molecular weight excluding hydrogens is 328 g/mol. The van der Waals surface area contributed by atoms with E-state index in [1.807, 2.05) is 33.8 Å². The number of hydrogen-bond acceptors (Lipinski definition) is 5. The highest BCUT2D eigenvalue weighted by molar-refractivity contribution is 7.80. The third-order valence-electron chi connectivity index (χ3n) is 2.54. The number of aromatic nitrogens is 1. The number of rotatable bonds is 7. The van der Waals surface area contributed by atoms with Crippen molar-refractivity contribution in [2.75, 3.05) is 25.0 Å². The fourth-order valence-corrected chi connectivity index (χ4v) is 1.82. The molecule has 1 amide bonds. The van der Waals surface area contributed by atoms with Crippen molar-refractivity contribution in [1.82, 2.24) is 15.6 Å². The maximum Gasteiger partial charge on any atom is 0.407 e. The van der Waals surface area contributed by atoms with E-state index >= 15 is 0 Å². The van der Waals surface area contributed by atoms with Crippen molar-refractivity contribution < 1.29 is 14.3 Å². The van der Waals surface area contributed by atoms with Gasteiger partial charge in [0.2, 0.25) is 0 Å². The second kappa shape index (κ2) is 9.92. The maximum atomic E-state index is 11.5. The summed E-state index contributed by atoms with van der Waals surface area (Å²) < 4.78 is 10.7. The van der Waals surface area contributed by atoms with E-state index < -0.39 is 11.7 Å². The number of ether oxygens (including phenoxy) is 2. The zero-order chi connectivity index (χ0) is 18.0.